The molecule has 0 aliphatic carbocycles. The molecule has 0 unspecified atom stereocenters. The first-order valence-corrected chi connectivity index (χ1v) is 7.79. The average Bonchev–Trinajstić information content (AvgIpc) is 2.41. The first kappa shape index (κ1) is 13.9. The van der Waals surface area contributed by atoms with E-state index in [1.807, 2.05) is 24.3 Å². The van der Waals surface area contributed by atoms with E-state index in [4.69, 9.17) is 11.6 Å². The van der Waals surface area contributed by atoms with Gasteiger partial charge in [-0.2, -0.15) is 0 Å². The number of aromatic amines is 1. The Kier molecular flexibility index (Phi) is 3.71. The zero-order valence-corrected chi connectivity index (χ0v) is 14.0. The van der Waals surface area contributed by atoms with Crippen LogP contribution in [0.15, 0.2) is 56.3 Å². The van der Waals surface area contributed by atoms with Crippen LogP contribution in [0.3, 0.4) is 0 Å². The molecule has 0 saturated carbocycles. The van der Waals surface area contributed by atoms with E-state index < -0.39 is 0 Å². The van der Waals surface area contributed by atoms with Gasteiger partial charge >= 0.3 is 0 Å². The predicted molar refractivity (Wildman–Crippen MR) is 90.4 cm³/mol. The number of rotatable bonds is 1. The third-order valence-corrected chi connectivity index (χ3v) is 4.40. The molecule has 20 heavy (non-hydrogen) atoms. The van der Waals surface area contributed by atoms with Gasteiger partial charge in [-0.3, -0.25) is 4.79 Å². The van der Waals surface area contributed by atoms with E-state index in [0.29, 0.717) is 16.0 Å². The second-order valence-electron chi connectivity index (χ2n) is 4.35. The Morgan fingerprint density at radius 2 is 1.75 bits per heavy atom. The van der Waals surface area contributed by atoms with Crippen LogP contribution in [0.4, 0.5) is 0 Å². The van der Waals surface area contributed by atoms with Gasteiger partial charge in [0, 0.05) is 31.1 Å². The number of fused-ring (bicyclic) bond motifs is 1. The van der Waals surface area contributed by atoms with Gasteiger partial charge in [0.15, 0.2) is 5.43 Å². The third kappa shape index (κ3) is 2.43. The highest BCUT2D eigenvalue weighted by Crippen LogP contribution is 2.27. The monoisotopic (exact) mass is 411 g/mol. The second-order valence-corrected chi connectivity index (χ2v) is 6.55. The quantitative estimate of drug-likeness (QED) is 0.571. The molecule has 1 N–H and O–H groups in total. The maximum Gasteiger partial charge on any atom is 0.197 e. The average molecular weight is 413 g/mol. The van der Waals surface area contributed by atoms with Crippen molar-refractivity contribution < 1.29 is 0 Å². The maximum absolute atomic E-state index is 12.6. The molecule has 100 valence electrons. The van der Waals surface area contributed by atoms with E-state index in [9.17, 15) is 4.79 Å². The highest BCUT2D eigenvalue weighted by atomic mass is 79.9. The summed E-state index contributed by atoms with van der Waals surface area (Å²) in [6.45, 7) is 0. The fraction of sp³-hybridized carbons (Fsp3) is 0. The number of halogens is 3. The SMILES string of the molecule is O=c1c(-c2ccc(Cl)cc2)c[nH]c2c(Br)cc(Br)cc12. The van der Waals surface area contributed by atoms with E-state index in [2.05, 4.69) is 36.8 Å². The molecule has 1 aromatic heterocycles. The number of aromatic nitrogens is 1. The van der Waals surface area contributed by atoms with Gasteiger partial charge < -0.3 is 4.98 Å². The Bertz CT molecular complexity index is 856. The zero-order chi connectivity index (χ0) is 14.3. The summed E-state index contributed by atoms with van der Waals surface area (Å²) < 4.78 is 1.71. The first-order valence-electron chi connectivity index (χ1n) is 5.82. The molecule has 0 saturated heterocycles. The maximum atomic E-state index is 12.6. The van der Waals surface area contributed by atoms with E-state index in [-0.39, 0.29) is 5.43 Å². The molecule has 0 amide bonds. The lowest BCUT2D eigenvalue weighted by Gasteiger charge is -2.06. The summed E-state index contributed by atoms with van der Waals surface area (Å²) in [5.74, 6) is 0. The number of hydrogen-bond acceptors (Lipinski definition) is 1. The number of hydrogen-bond donors (Lipinski definition) is 1. The van der Waals surface area contributed by atoms with Gasteiger partial charge in [-0.25, -0.2) is 0 Å². The molecule has 0 aliphatic heterocycles. The van der Waals surface area contributed by atoms with Gasteiger partial charge in [0.25, 0.3) is 0 Å². The second kappa shape index (κ2) is 5.35. The Balaban J connectivity index is 2.31. The lowest BCUT2D eigenvalue weighted by Crippen LogP contribution is -2.06. The van der Waals surface area contributed by atoms with Crippen molar-refractivity contribution in [1.82, 2.24) is 4.98 Å². The molecule has 3 aromatic rings. The summed E-state index contributed by atoms with van der Waals surface area (Å²) in [5, 5.41) is 1.29. The normalized spacial score (nSPS) is 10.9. The fourth-order valence-electron chi connectivity index (χ4n) is 2.10. The molecular weight excluding hydrogens is 405 g/mol. The van der Waals surface area contributed by atoms with Gasteiger partial charge in [0.2, 0.25) is 0 Å². The summed E-state index contributed by atoms with van der Waals surface area (Å²) in [6.07, 6.45) is 1.73. The Morgan fingerprint density at radius 3 is 2.45 bits per heavy atom. The fourth-order valence-corrected chi connectivity index (χ4v) is 3.56. The van der Waals surface area contributed by atoms with Gasteiger partial charge in [0.1, 0.15) is 0 Å². The lowest BCUT2D eigenvalue weighted by molar-refractivity contribution is 1.37. The molecule has 2 aromatic carbocycles. The van der Waals surface area contributed by atoms with Crippen LogP contribution < -0.4 is 5.43 Å². The minimum atomic E-state index is -0.0110. The van der Waals surface area contributed by atoms with Crippen molar-refractivity contribution in [2.45, 2.75) is 0 Å². The lowest BCUT2D eigenvalue weighted by atomic mass is 10.0. The van der Waals surface area contributed by atoms with E-state index in [1.165, 1.54) is 0 Å². The van der Waals surface area contributed by atoms with Crippen molar-refractivity contribution in [1.29, 1.82) is 0 Å². The topological polar surface area (TPSA) is 32.9 Å². The summed E-state index contributed by atoms with van der Waals surface area (Å²) in [6, 6.07) is 10.9. The molecular formula is C15H8Br2ClNO. The Morgan fingerprint density at radius 1 is 1.05 bits per heavy atom. The molecule has 0 spiro atoms. The third-order valence-electron chi connectivity index (χ3n) is 3.06. The van der Waals surface area contributed by atoms with Crippen LogP contribution in [0.2, 0.25) is 5.02 Å². The minimum absolute atomic E-state index is 0.0110. The summed E-state index contributed by atoms with van der Waals surface area (Å²) in [4.78, 5) is 15.8. The highest BCUT2D eigenvalue weighted by Gasteiger charge is 2.10. The van der Waals surface area contributed by atoms with Gasteiger partial charge in [-0.1, -0.05) is 39.7 Å². The highest BCUT2D eigenvalue weighted by molar-refractivity contribution is 9.11. The standard InChI is InChI=1S/C15H8Br2ClNO/c16-9-5-11-14(13(17)6-9)19-7-12(15(11)20)8-1-3-10(18)4-2-8/h1-7H,(H,19,20). The summed E-state index contributed by atoms with van der Waals surface area (Å²) in [7, 11) is 0. The van der Waals surface area contributed by atoms with Crippen molar-refractivity contribution in [3.05, 3.63) is 66.8 Å². The van der Waals surface area contributed by atoms with Crippen LogP contribution in [-0.2, 0) is 0 Å². The molecule has 0 radical (unpaired) electrons. The van der Waals surface area contributed by atoms with Crippen LogP contribution in [0.5, 0.6) is 0 Å². The molecule has 3 rings (SSSR count). The van der Waals surface area contributed by atoms with Crippen LogP contribution in [-0.4, -0.2) is 4.98 Å². The molecule has 0 fully saturated rings. The molecule has 0 atom stereocenters. The predicted octanol–water partition coefficient (Wildman–Crippen LogP) is 5.37. The minimum Gasteiger partial charge on any atom is -0.359 e. The van der Waals surface area contributed by atoms with E-state index >= 15 is 0 Å². The smallest absolute Gasteiger partial charge is 0.197 e. The zero-order valence-electron chi connectivity index (χ0n) is 10.1. The Labute approximate surface area is 137 Å². The Hall–Kier alpha value is -1.10. The molecule has 0 bridgehead atoms. The number of pyridine rings is 1. The number of H-pyrrole nitrogens is 1. The van der Waals surface area contributed by atoms with Crippen LogP contribution >= 0.6 is 43.5 Å². The molecule has 5 heteroatoms. The van der Waals surface area contributed by atoms with Crippen LogP contribution in [0.25, 0.3) is 22.0 Å². The van der Waals surface area contributed by atoms with Crippen molar-refractivity contribution >= 4 is 54.4 Å². The van der Waals surface area contributed by atoms with Crippen molar-refractivity contribution in [2.75, 3.05) is 0 Å². The van der Waals surface area contributed by atoms with Crippen molar-refractivity contribution in [3.8, 4) is 11.1 Å². The molecule has 0 aliphatic rings. The van der Waals surface area contributed by atoms with Crippen molar-refractivity contribution in [3.63, 3.8) is 0 Å². The van der Waals surface area contributed by atoms with E-state index in [1.54, 1.807) is 18.3 Å². The molecule has 2 nitrogen and oxygen atoms in total. The summed E-state index contributed by atoms with van der Waals surface area (Å²) in [5.41, 5.74) is 2.24. The van der Waals surface area contributed by atoms with Gasteiger partial charge in [0.05, 0.1) is 5.52 Å². The van der Waals surface area contributed by atoms with Gasteiger partial charge in [-0.05, 0) is 45.8 Å². The number of benzene rings is 2. The van der Waals surface area contributed by atoms with Gasteiger partial charge in [-0.15, -0.1) is 0 Å². The summed E-state index contributed by atoms with van der Waals surface area (Å²) >= 11 is 12.7. The first-order chi connectivity index (χ1) is 9.56. The largest absolute Gasteiger partial charge is 0.359 e. The van der Waals surface area contributed by atoms with Crippen molar-refractivity contribution in [2.24, 2.45) is 0 Å². The molecule has 1 heterocycles. The van der Waals surface area contributed by atoms with Crippen LogP contribution in [0.1, 0.15) is 0 Å². The van der Waals surface area contributed by atoms with Crippen LogP contribution in [0, 0.1) is 0 Å². The van der Waals surface area contributed by atoms with E-state index in [0.717, 1.165) is 20.0 Å². The number of nitrogens with one attached hydrogen (secondary N) is 1.